The molecule has 7 heteroatoms. The molecule has 1 amide bonds. The van der Waals surface area contributed by atoms with Gasteiger partial charge >= 0.3 is 0 Å². The highest BCUT2D eigenvalue weighted by molar-refractivity contribution is 7.13. The molecule has 0 radical (unpaired) electrons. The fourth-order valence-corrected chi connectivity index (χ4v) is 5.09. The minimum absolute atomic E-state index is 0.253. The predicted octanol–water partition coefficient (Wildman–Crippen LogP) is 3.66. The van der Waals surface area contributed by atoms with Gasteiger partial charge in [0.2, 0.25) is 5.91 Å². The van der Waals surface area contributed by atoms with Crippen molar-refractivity contribution < 1.29 is 4.79 Å². The topological polar surface area (TPSA) is 69.6 Å². The molecular formula is C23H31N5OS. The number of nitrogens with one attached hydrogen (secondary N) is 2. The van der Waals surface area contributed by atoms with E-state index in [2.05, 4.69) is 35.1 Å². The van der Waals surface area contributed by atoms with Crippen LogP contribution in [0, 0.1) is 5.92 Å². The van der Waals surface area contributed by atoms with Crippen molar-refractivity contribution in [2.24, 2.45) is 10.9 Å². The summed E-state index contributed by atoms with van der Waals surface area (Å²) < 4.78 is 0. The molecule has 1 aromatic carbocycles. The van der Waals surface area contributed by atoms with Gasteiger partial charge in [-0.15, -0.1) is 11.3 Å². The molecule has 2 aromatic rings. The summed E-state index contributed by atoms with van der Waals surface area (Å²) in [5, 5.41) is 9.95. The summed E-state index contributed by atoms with van der Waals surface area (Å²) in [7, 11) is 0. The molecule has 1 aliphatic heterocycles. The molecule has 160 valence electrons. The normalized spacial score (nSPS) is 20.0. The lowest BCUT2D eigenvalue weighted by atomic mass is 10.1. The van der Waals surface area contributed by atoms with Crippen molar-refractivity contribution in [2.45, 2.75) is 51.6 Å². The molecule has 2 heterocycles. The number of hydrogen-bond donors (Lipinski definition) is 2. The molecule has 1 atom stereocenters. The van der Waals surface area contributed by atoms with Crippen LogP contribution in [0.5, 0.6) is 0 Å². The maximum atomic E-state index is 12.7. The molecule has 0 bridgehead atoms. The Kier molecular flexibility index (Phi) is 7.00. The number of aromatic nitrogens is 1. The summed E-state index contributed by atoms with van der Waals surface area (Å²) >= 11 is 1.65. The summed E-state index contributed by atoms with van der Waals surface area (Å²) in [5.74, 6) is 1.41. The minimum atomic E-state index is 0.253. The van der Waals surface area contributed by atoms with Crippen LogP contribution in [0.25, 0.3) is 10.6 Å². The predicted molar refractivity (Wildman–Crippen MR) is 122 cm³/mol. The highest BCUT2D eigenvalue weighted by Crippen LogP contribution is 2.28. The Balaban J connectivity index is 1.33. The lowest BCUT2D eigenvalue weighted by Gasteiger charge is -2.21. The second-order valence-corrected chi connectivity index (χ2v) is 8.96. The van der Waals surface area contributed by atoms with Gasteiger partial charge in [0.25, 0.3) is 0 Å². The van der Waals surface area contributed by atoms with E-state index in [-0.39, 0.29) is 12.0 Å². The maximum absolute atomic E-state index is 12.7. The van der Waals surface area contributed by atoms with Gasteiger partial charge in [0.05, 0.1) is 12.2 Å². The summed E-state index contributed by atoms with van der Waals surface area (Å²) in [6.45, 7) is 5.03. The third kappa shape index (κ3) is 5.19. The van der Waals surface area contributed by atoms with Crippen molar-refractivity contribution in [1.29, 1.82) is 0 Å². The SMILES string of the molecule is CCNC(=NCc1csc(-c2ccccc2)n1)NC1CCN(C(=O)C2CCCC2)C1. The number of carbonyl (C=O) groups excluding carboxylic acids is 1. The Morgan fingerprint density at radius 2 is 2.03 bits per heavy atom. The molecule has 1 aromatic heterocycles. The number of thiazole rings is 1. The number of amides is 1. The highest BCUT2D eigenvalue weighted by atomic mass is 32.1. The van der Waals surface area contributed by atoms with Gasteiger partial charge in [-0.1, -0.05) is 43.2 Å². The first-order valence-corrected chi connectivity index (χ1v) is 11.9. The molecule has 2 aliphatic rings. The first-order chi connectivity index (χ1) is 14.7. The van der Waals surface area contributed by atoms with Crippen molar-refractivity contribution in [2.75, 3.05) is 19.6 Å². The second kappa shape index (κ2) is 10.1. The van der Waals surface area contributed by atoms with Crippen LogP contribution in [0.3, 0.4) is 0 Å². The van der Waals surface area contributed by atoms with Crippen LogP contribution < -0.4 is 10.6 Å². The van der Waals surface area contributed by atoms with E-state index in [0.29, 0.717) is 12.5 Å². The van der Waals surface area contributed by atoms with Crippen LogP contribution in [0.1, 0.15) is 44.7 Å². The zero-order chi connectivity index (χ0) is 20.8. The first-order valence-electron chi connectivity index (χ1n) is 11.1. The number of hydrogen-bond acceptors (Lipinski definition) is 4. The lowest BCUT2D eigenvalue weighted by Crippen LogP contribution is -2.45. The van der Waals surface area contributed by atoms with E-state index in [1.165, 1.54) is 12.8 Å². The summed E-state index contributed by atoms with van der Waals surface area (Å²) in [6, 6.07) is 10.5. The Bertz CT molecular complexity index is 859. The molecule has 0 spiro atoms. The lowest BCUT2D eigenvalue weighted by molar-refractivity contribution is -0.134. The van der Waals surface area contributed by atoms with Gasteiger partial charge in [-0.05, 0) is 26.2 Å². The number of likely N-dealkylation sites (tertiary alicyclic amines) is 1. The second-order valence-electron chi connectivity index (χ2n) is 8.10. The summed E-state index contributed by atoms with van der Waals surface area (Å²) in [5.41, 5.74) is 2.11. The number of carbonyl (C=O) groups is 1. The van der Waals surface area contributed by atoms with Crippen molar-refractivity contribution >= 4 is 23.2 Å². The van der Waals surface area contributed by atoms with Gasteiger partial charge in [0.1, 0.15) is 5.01 Å². The van der Waals surface area contributed by atoms with Gasteiger partial charge in [-0.25, -0.2) is 9.98 Å². The quantitative estimate of drug-likeness (QED) is 0.547. The zero-order valence-electron chi connectivity index (χ0n) is 17.6. The number of guanidine groups is 1. The van der Waals surface area contributed by atoms with E-state index in [0.717, 1.165) is 61.1 Å². The number of benzene rings is 1. The molecular weight excluding hydrogens is 394 g/mol. The van der Waals surface area contributed by atoms with Crippen LogP contribution in [0.15, 0.2) is 40.7 Å². The van der Waals surface area contributed by atoms with Crippen LogP contribution in [-0.2, 0) is 11.3 Å². The maximum Gasteiger partial charge on any atom is 0.225 e. The van der Waals surface area contributed by atoms with Gasteiger partial charge in [-0.3, -0.25) is 4.79 Å². The van der Waals surface area contributed by atoms with Crippen LogP contribution in [-0.4, -0.2) is 47.4 Å². The summed E-state index contributed by atoms with van der Waals surface area (Å²) in [4.78, 5) is 24.2. The third-order valence-corrected chi connectivity index (χ3v) is 6.80. The Hall–Kier alpha value is -2.41. The number of rotatable bonds is 6. The molecule has 1 saturated carbocycles. The molecule has 4 rings (SSSR count). The number of nitrogens with zero attached hydrogens (tertiary/aromatic N) is 3. The van der Waals surface area contributed by atoms with Gasteiger partial charge in [-0.2, -0.15) is 0 Å². The van der Waals surface area contributed by atoms with Gasteiger partial charge < -0.3 is 15.5 Å². The van der Waals surface area contributed by atoms with Crippen LogP contribution >= 0.6 is 11.3 Å². The monoisotopic (exact) mass is 425 g/mol. The fraction of sp³-hybridized carbons (Fsp3) is 0.522. The molecule has 30 heavy (non-hydrogen) atoms. The first kappa shape index (κ1) is 20.8. The van der Waals surface area contributed by atoms with Gasteiger partial charge in [0.15, 0.2) is 5.96 Å². The molecule has 6 nitrogen and oxygen atoms in total. The minimum Gasteiger partial charge on any atom is -0.357 e. The number of aliphatic imine (C=N–C) groups is 1. The van der Waals surface area contributed by atoms with Crippen molar-refractivity contribution in [3.63, 3.8) is 0 Å². The van der Waals surface area contributed by atoms with E-state index in [4.69, 9.17) is 9.98 Å². The summed E-state index contributed by atoms with van der Waals surface area (Å²) in [6.07, 6.45) is 5.50. The third-order valence-electron chi connectivity index (χ3n) is 5.86. The highest BCUT2D eigenvalue weighted by Gasteiger charge is 2.32. The van der Waals surface area contributed by atoms with E-state index in [9.17, 15) is 4.79 Å². The van der Waals surface area contributed by atoms with E-state index < -0.39 is 0 Å². The van der Waals surface area contributed by atoms with Gasteiger partial charge in [0, 0.05) is 42.5 Å². The van der Waals surface area contributed by atoms with Crippen LogP contribution in [0.4, 0.5) is 0 Å². The Morgan fingerprint density at radius 3 is 2.80 bits per heavy atom. The Labute approximate surface area is 182 Å². The van der Waals surface area contributed by atoms with E-state index >= 15 is 0 Å². The van der Waals surface area contributed by atoms with E-state index in [1.807, 2.05) is 23.1 Å². The molecule has 1 unspecified atom stereocenters. The Morgan fingerprint density at radius 1 is 1.23 bits per heavy atom. The van der Waals surface area contributed by atoms with E-state index in [1.54, 1.807) is 11.3 Å². The molecule has 1 saturated heterocycles. The zero-order valence-corrected chi connectivity index (χ0v) is 18.5. The van der Waals surface area contributed by atoms with Crippen molar-refractivity contribution in [1.82, 2.24) is 20.5 Å². The molecule has 2 N–H and O–H groups in total. The largest absolute Gasteiger partial charge is 0.357 e. The standard InChI is InChI=1S/C23H31N5OS/c1-2-24-23(25-14-20-16-30-21(26-20)17-8-4-3-5-9-17)27-19-12-13-28(15-19)22(29)18-10-6-7-11-18/h3-5,8-9,16,18-19H,2,6-7,10-15H2,1H3,(H2,24,25,27). The fourth-order valence-electron chi connectivity index (χ4n) is 4.28. The van der Waals surface area contributed by atoms with Crippen molar-refractivity contribution in [3.8, 4) is 10.6 Å². The average molecular weight is 426 g/mol. The average Bonchev–Trinajstić information content (AvgIpc) is 3.54. The van der Waals surface area contributed by atoms with Crippen LogP contribution in [0.2, 0.25) is 0 Å². The molecule has 1 aliphatic carbocycles. The van der Waals surface area contributed by atoms with Crippen molar-refractivity contribution in [3.05, 3.63) is 41.4 Å². The molecule has 2 fully saturated rings. The smallest absolute Gasteiger partial charge is 0.225 e.